The van der Waals surface area contributed by atoms with E-state index in [1.165, 1.54) is 19.2 Å². The average molecular weight is 435 g/mol. The molecule has 0 bridgehead atoms. The van der Waals surface area contributed by atoms with Gasteiger partial charge in [-0.1, -0.05) is 25.0 Å². The van der Waals surface area contributed by atoms with Crippen molar-refractivity contribution in [3.05, 3.63) is 59.9 Å². The number of likely N-dealkylation sites (N-methyl/N-ethyl adjacent to an activating group) is 1. The van der Waals surface area contributed by atoms with Gasteiger partial charge >= 0.3 is 0 Å². The number of benzene rings is 2. The van der Waals surface area contributed by atoms with Gasteiger partial charge in [-0.15, -0.1) is 0 Å². The van der Waals surface area contributed by atoms with Crippen molar-refractivity contribution >= 4 is 15.9 Å². The maximum atomic E-state index is 13.1. The average Bonchev–Trinajstić information content (AvgIpc) is 3.00. The number of likely N-dealkylation sites (tertiary alicyclic amines) is 1. The quantitative estimate of drug-likeness (QED) is 0.697. The summed E-state index contributed by atoms with van der Waals surface area (Å²) in [6.07, 6.45) is 3.74. The third kappa shape index (κ3) is 4.99. The lowest BCUT2D eigenvalue weighted by molar-refractivity contribution is -0.133. The number of halogens is 1. The molecule has 0 aromatic heterocycles. The predicted octanol–water partition coefficient (Wildman–Crippen LogP) is 3.60. The fourth-order valence-corrected chi connectivity index (χ4v) is 4.85. The topological polar surface area (TPSA) is 66.9 Å². The number of nitrogens with zero attached hydrogens (tertiary/aromatic N) is 2. The van der Waals surface area contributed by atoms with Gasteiger partial charge in [0.1, 0.15) is 11.6 Å². The zero-order valence-electron chi connectivity index (χ0n) is 17.3. The zero-order chi connectivity index (χ0) is 21.7. The van der Waals surface area contributed by atoms with Gasteiger partial charge < -0.3 is 9.64 Å². The highest BCUT2D eigenvalue weighted by Crippen LogP contribution is 2.31. The van der Waals surface area contributed by atoms with Crippen LogP contribution in [0.5, 0.6) is 5.75 Å². The molecule has 0 N–H and O–H groups in total. The second-order valence-corrected chi connectivity index (χ2v) is 9.49. The molecule has 1 atom stereocenters. The highest BCUT2D eigenvalue weighted by atomic mass is 32.2. The zero-order valence-corrected chi connectivity index (χ0v) is 18.1. The SMILES string of the molecule is COc1ccc(C2CCCCCN2C(=O)CN(C)S(=O)(=O)c2ccc(F)cc2)cc1. The summed E-state index contributed by atoms with van der Waals surface area (Å²) in [6.45, 7) is 0.312. The van der Waals surface area contributed by atoms with Crippen LogP contribution in [0.4, 0.5) is 4.39 Å². The number of amides is 1. The van der Waals surface area contributed by atoms with Crippen LogP contribution in [-0.2, 0) is 14.8 Å². The smallest absolute Gasteiger partial charge is 0.243 e. The first-order valence-electron chi connectivity index (χ1n) is 9.98. The Kier molecular flexibility index (Phi) is 7.10. The molecule has 0 spiro atoms. The standard InChI is InChI=1S/C22H27FN2O4S/c1-24(30(27,28)20-13-9-18(23)10-14-20)16-22(26)25-15-5-3-4-6-21(25)17-7-11-19(29-2)12-8-17/h7-14,21H,3-6,15-16H2,1-2H3. The maximum Gasteiger partial charge on any atom is 0.243 e. The molecular formula is C22H27FN2O4S. The monoisotopic (exact) mass is 434 g/mol. The first-order valence-corrected chi connectivity index (χ1v) is 11.4. The van der Waals surface area contributed by atoms with Crippen molar-refractivity contribution < 1.29 is 22.3 Å². The Morgan fingerprint density at radius 2 is 1.77 bits per heavy atom. The van der Waals surface area contributed by atoms with Crippen molar-refractivity contribution in [2.24, 2.45) is 0 Å². The van der Waals surface area contributed by atoms with Crippen molar-refractivity contribution in [3.8, 4) is 5.75 Å². The largest absolute Gasteiger partial charge is 0.497 e. The molecule has 1 unspecified atom stereocenters. The van der Waals surface area contributed by atoms with Gasteiger partial charge in [0.2, 0.25) is 15.9 Å². The second-order valence-electron chi connectivity index (χ2n) is 7.44. The van der Waals surface area contributed by atoms with Crippen LogP contribution in [0.1, 0.15) is 37.3 Å². The minimum atomic E-state index is -3.89. The Bertz CT molecular complexity index is 962. The second kappa shape index (κ2) is 9.57. The molecule has 6 nitrogen and oxygen atoms in total. The van der Waals surface area contributed by atoms with Crippen LogP contribution in [0.25, 0.3) is 0 Å². The number of hydrogen-bond acceptors (Lipinski definition) is 4. The van der Waals surface area contributed by atoms with Gasteiger partial charge in [0.05, 0.1) is 24.6 Å². The first kappa shape index (κ1) is 22.2. The number of sulfonamides is 1. The van der Waals surface area contributed by atoms with Gasteiger partial charge in [-0.2, -0.15) is 4.31 Å². The first-order chi connectivity index (χ1) is 14.3. The molecule has 1 heterocycles. The highest BCUT2D eigenvalue weighted by Gasteiger charge is 2.30. The van der Waals surface area contributed by atoms with Gasteiger partial charge in [0.15, 0.2) is 0 Å². The summed E-state index contributed by atoms with van der Waals surface area (Å²) in [6, 6.07) is 12.1. The van der Waals surface area contributed by atoms with Crippen LogP contribution in [-0.4, -0.2) is 50.8 Å². The fourth-order valence-electron chi connectivity index (χ4n) is 3.73. The van der Waals surface area contributed by atoms with Crippen molar-refractivity contribution in [1.29, 1.82) is 0 Å². The summed E-state index contributed by atoms with van der Waals surface area (Å²) in [4.78, 5) is 14.9. The fraction of sp³-hybridized carbons (Fsp3) is 0.409. The minimum absolute atomic E-state index is 0.0400. The molecule has 1 saturated heterocycles. The summed E-state index contributed by atoms with van der Waals surface area (Å²) in [5.74, 6) is -0.0131. The minimum Gasteiger partial charge on any atom is -0.497 e. The van der Waals surface area contributed by atoms with Gasteiger partial charge in [-0.25, -0.2) is 12.8 Å². The number of methoxy groups -OCH3 is 1. The van der Waals surface area contributed by atoms with E-state index in [0.29, 0.717) is 6.54 Å². The third-order valence-corrected chi connectivity index (χ3v) is 7.27. The van der Waals surface area contributed by atoms with Crippen LogP contribution in [0.2, 0.25) is 0 Å². The number of ether oxygens (including phenoxy) is 1. The highest BCUT2D eigenvalue weighted by molar-refractivity contribution is 7.89. The van der Waals surface area contributed by atoms with E-state index in [9.17, 15) is 17.6 Å². The molecule has 1 fully saturated rings. The van der Waals surface area contributed by atoms with Crippen molar-refractivity contribution in [3.63, 3.8) is 0 Å². The third-order valence-electron chi connectivity index (χ3n) is 5.45. The van der Waals surface area contributed by atoms with E-state index in [1.807, 2.05) is 24.3 Å². The van der Waals surface area contributed by atoms with E-state index < -0.39 is 15.8 Å². The molecule has 162 valence electrons. The molecule has 0 aliphatic carbocycles. The van der Waals surface area contributed by atoms with Crippen molar-refractivity contribution in [1.82, 2.24) is 9.21 Å². The Hall–Kier alpha value is -2.45. The molecule has 30 heavy (non-hydrogen) atoms. The number of rotatable bonds is 6. The molecular weight excluding hydrogens is 407 g/mol. The molecule has 1 amide bonds. The number of carbonyl (C=O) groups is 1. The lowest BCUT2D eigenvalue weighted by Crippen LogP contribution is -2.42. The number of hydrogen-bond donors (Lipinski definition) is 0. The molecule has 0 saturated carbocycles. The van der Waals surface area contributed by atoms with E-state index in [4.69, 9.17) is 4.74 Å². The summed E-state index contributed by atoms with van der Waals surface area (Å²) in [5, 5.41) is 0. The Morgan fingerprint density at radius 1 is 1.10 bits per heavy atom. The van der Waals surface area contributed by atoms with Crippen LogP contribution in [0.15, 0.2) is 53.4 Å². The van der Waals surface area contributed by atoms with Crippen LogP contribution >= 0.6 is 0 Å². The molecule has 1 aliphatic rings. The molecule has 3 rings (SSSR count). The van der Waals surface area contributed by atoms with E-state index in [2.05, 4.69) is 0 Å². The molecule has 2 aromatic rings. The molecule has 8 heteroatoms. The normalized spacial score (nSPS) is 17.6. The summed E-state index contributed by atoms with van der Waals surface area (Å²) >= 11 is 0. The van der Waals surface area contributed by atoms with Crippen molar-refractivity contribution in [2.75, 3.05) is 27.2 Å². The Balaban J connectivity index is 1.78. The Morgan fingerprint density at radius 3 is 2.40 bits per heavy atom. The molecule has 2 aromatic carbocycles. The number of carbonyl (C=O) groups excluding carboxylic acids is 1. The molecule has 1 aliphatic heterocycles. The summed E-state index contributed by atoms with van der Waals surface area (Å²) in [7, 11) is -0.910. The van der Waals surface area contributed by atoms with E-state index >= 15 is 0 Å². The maximum absolute atomic E-state index is 13.1. The predicted molar refractivity (Wildman–Crippen MR) is 112 cm³/mol. The Labute approximate surface area is 177 Å². The van der Waals surface area contributed by atoms with Crippen LogP contribution in [0, 0.1) is 5.82 Å². The lowest BCUT2D eigenvalue weighted by Gasteiger charge is -2.32. The van der Waals surface area contributed by atoms with Crippen LogP contribution in [0.3, 0.4) is 0 Å². The van der Waals surface area contributed by atoms with Gasteiger partial charge in [-0.3, -0.25) is 4.79 Å². The van der Waals surface area contributed by atoms with Gasteiger partial charge in [0.25, 0.3) is 0 Å². The van der Waals surface area contributed by atoms with Crippen LogP contribution < -0.4 is 4.74 Å². The molecule has 0 radical (unpaired) electrons. The lowest BCUT2D eigenvalue weighted by atomic mass is 10.0. The summed E-state index contributed by atoms with van der Waals surface area (Å²) < 4.78 is 44.9. The van der Waals surface area contributed by atoms with E-state index in [-0.39, 0.29) is 23.4 Å². The summed E-state index contributed by atoms with van der Waals surface area (Å²) in [5.41, 5.74) is 1.01. The van der Waals surface area contributed by atoms with Gasteiger partial charge in [0, 0.05) is 13.6 Å². The van der Waals surface area contributed by atoms with Gasteiger partial charge in [-0.05, 0) is 54.8 Å². The van der Waals surface area contributed by atoms with Crippen molar-refractivity contribution in [2.45, 2.75) is 36.6 Å². The van der Waals surface area contributed by atoms with E-state index in [0.717, 1.165) is 53.4 Å². The van der Waals surface area contributed by atoms with E-state index in [1.54, 1.807) is 12.0 Å².